The summed E-state index contributed by atoms with van der Waals surface area (Å²) in [4.78, 5) is 13.7. The van der Waals surface area contributed by atoms with Gasteiger partial charge in [-0.05, 0) is 49.1 Å². The molecule has 2 aromatic carbocycles. The minimum Gasteiger partial charge on any atom is -0.340 e. The van der Waals surface area contributed by atoms with Crippen LogP contribution >= 0.6 is 11.6 Å². The Morgan fingerprint density at radius 2 is 1.95 bits per heavy atom. The molecule has 0 saturated carbocycles. The summed E-state index contributed by atoms with van der Waals surface area (Å²) >= 11 is 6.43. The van der Waals surface area contributed by atoms with E-state index < -0.39 is 0 Å². The lowest BCUT2D eigenvalue weighted by Crippen LogP contribution is -2.30. The van der Waals surface area contributed by atoms with Gasteiger partial charge in [0.25, 0.3) is 0 Å². The second kappa shape index (κ2) is 5.53. The van der Waals surface area contributed by atoms with Crippen LogP contribution in [0.25, 0.3) is 0 Å². The molecule has 0 bridgehead atoms. The second-order valence-corrected chi connectivity index (χ2v) is 6.18. The number of benzene rings is 2. The van der Waals surface area contributed by atoms with Gasteiger partial charge in [0.1, 0.15) is 0 Å². The molecule has 3 rings (SSSR count). The fourth-order valence-electron chi connectivity index (χ4n) is 2.97. The lowest BCUT2D eigenvalue weighted by molar-refractivity contribution is 0.101. The zero-order chi connectivity index (χ0) is 15.0. The van der Waals surface area contributed by atoms with Gasteiger partial charge in [0, 0.05) is 17.8 Å². The molecule has 0 N–H and O–H groups in total. The van der Waals surface area contributed by atoms with Gasteiger partial charge in [0.15, 0.2) is 5.78 Å². The van der Waals surface area contributed by atoms with E-state index in [2.05, 4.69) is 36.1 Å². The number of halogens is 1. The predicted octanol–water partition coefficient (Wildman–Crippen LogP) is 4.87. The molecule has 0 aromatic heterocycles. The molecule has 2 nitrogen and oxygen atoms in total. The highest BCUT2D eigenvalue weighted by molar-refractivity contribution is 6.33. The van der Waals surface area contributed by atoms with Gasteiger partial charge < -0.3 is 4.90 Å². The van der Waals surface area contributed by atoms with Crippen molar-refractivity contribution in [3.8, 4) is 0 Å². The molecule has 0 saturated heterocycles. The highest BCUT2D eigenvalue weighted by Crippen LogP contribution is 2.38. The van der Waals surface area contributed by atoms with Crippen LogP contribution in [0, 0.1) is 5.92 Å². The molecular formula is C18H18ClNO. The molecular weight excluding hydrogens is 282 g/mol. The number of anilines is 2. The second-order valence-electron chi connectivity index (χ2n) is 5.77. The number of ketones is 1. The molecule has 0 amide bonds. The molecule has 1 heterocycles. The molecule has 1 unspecified atom stereocenters. The van der Waals surface area contributed by atoms with Crippen molar-refractivity contribution in [1.29, 1.82) is 0 Å². The molecule has 1 aliphatic heterocycles. The number of hydrogen-bond donors (Lipinski definition) is 0. The lowest BCUT2D eigenvalue weighted by atomic mass is 9.93. The van der Waals surface area contributed by atoms with E-state index in [1.807, 2.05) is 12.1 Å². The van der Waals surface area contributed by atoms with Crippen molar-refractivity contribution >= 4 is 28.8 Å². The van der Waals surface area contributed by atoms with Gasteiger partial charge in [-0.2, -0.15) is 0 Å². The molecule has 108 valence electrons. The van der Waals surface area contributed by atoms with Crippen LogP contribution in [0.1, 0.15) is 29.8 Å². The number of rotatable bonds is 2. The van der Waals surface area contributed by atoms with E-state index >= 15 is 0 Å². The number of fused-ring (bicyclic) bond motifs is 1. The first kappa shape index (κ1) is 14.2. The lowest BCUT2D eigenvalue weighted by Gasteiger charge is -2.35. The summed E-state index contributed by atoms with van der Waals surface area (Å²) in [6.07, 6.45) is 1.09. The zero-order valence-electron chi connectivity index (χ0n) is 12.3. The van der Waals surface area contributed by atoms with E-state index in [9.17, 15) is 4.79 Å². The van der Waals surface area contributed by atoms with Crippen LogP contribution in [-0.4, -0.2) is 12.3 Å². The van der Waals surface area contributed by atoms with Crippen molar-refractivity contribution in [1.82, 2.24) is 0 Å². The van der Waals surface area contributed by atoms with E-state index in [-0.39, 0.29) is 5.78 Å². The Bertz CT molecular complexity index is 695. The summed E-state index contributed by atoms with van der Waals surface area (Å²) in [7, 11) is 0. The topological polar surface area (TPSA) is 20.3 Å². The van der Waals surface area contributed by atoms with Gasteiger partial charge in [-0.25, -0.2) is 0 Å². The Kier molecular flexibility index (Phi) is 3.73. The highest BCUT2D eigenvalue weighted by atomic mass is 35.5. The van der Waals surface area contributed by atoms with Gasteiger partial charge in [0.2, 0.25) is 0 Å². The van der Waals surface area contributed by atoms with Crippen LogP contribution in [0.3, 0.4) is 0 Å². The molecule has 0 spiro atoms. The van der Waals surface area contributed by atoms with Crippen molar-refractivity contribution in [2.24, 2.45) is 5.92 Å². The monoisotopic (exact) mass is 299 g/mol. The van der Waals surface area contributed by atoms with E-state index in [1.54, 1.807) is 13.0 Å². The average Bonchev–Trinajstić information content (AvgIpc) is 2.46. The fraction of sp³-hybridized carbons (Fsp3) is 0.278. The summed E-state index contributed by atoms with van der Waals surface area (Å²) in [6.45, 7) is 4.75. The maximum Gasteiger partial charge on any atom is 0.159 e. The van der Waals surface area contributed by atoms with Crippen LogP contribution in [-0.2, 0) is 6.42 Å². The van der Waals surface area contributed by atoms with E-state index in [4.69, 9.17) is 11.6 Å². The van der Waals surface area contributed by atoms with Crippen LogP contribution in [0.2, 0.25) is 5.02 Å². The van der Waals surface area contributed by atoms with Crippen molar-refractivity contribution in [2.75, 3.05) is 11.4 Å². The number of carbonyl (C=O) groups is 1. The number of carbonyl (C=O) groups excluding carboxylic acids is 1. The zero-order valence-corrected chi connectivity index (χ0v) is 13.0. The van der Waals surface area contributed by atoms with Gasteiger partial charge in [-0.1, -0.05) is 36.7 Å². The third kappa shape index (κ3) is 2.68. The molecule has 0 fully saturated rings. The van der Waals surface area contributed by atoms with Crippen molar-refractivity contribution < 1.29 is 4.79 Å². The quantitative estimate of drug-likeness (QED) is 0.737. The van der Waals surface area contributed by atoms with Crippen LogP contribution < -0.4 is 4.90 Å². The molecule has 1 aliphatic rings. The maximum absolute atomic E-state index is 11.5. The summed E-state index contributed by atoms with van der Waals surface area (Å²) in [5.74, 6) is 0.610. The summed E-state index contributed by atoms with van der Waals surface area (Å²) in [6, 6.07) is 14.0. The van der Waals surface area contributed by atoms with Crippen LogP contribution in [0.5, 0.6) is 0 Å². The van der Waals surface area contributed by atoms with Crippen molar-refractivity contribution in [3.05, 3.63) is 58.6 Å². The third-order valence-corrected chi connectivity index (χ3v) is 4.29. The van der Waals surface area contributed by atoms with E-state index in [0.29, 0.717) is 16.5 Å². The Labute approximate surface area is 130 Å². The van der Waals surface area contributed by atoms with Gasteiger partial charge in [0.05, 0.1) is 10.7 Å². The Morgan fingerprint density at radius 3 is 2.67 bits per heavy atom. The minimum atomic E-state index is 0.0378. The average molecular weight is 300 g/mol. The Hall–Kier alpha value is -1.80. The van der Waals surface area contributed by atoms with Gasteiger partial charge in [-0.3, -0.25) is 4.79 Å². The largest absolute Gasteiger partial charge is 0.340 e. The van der Waals surface area contributed by atoms with E-state index in [1.165, 1.54) is 11.3 Å². The summed E-state index contributed by atoms with van der Waals surface area (Å²) < 4.78 is 0. The number of hydrogen-bond acceptors (Lipinski definition) is 2. The SMILES string of the molecule is CC(=O)c1ccc(N2CC(C)Cc3ccccc32)c(Cl)c1. The number of para-hydroxylation sites is 1. The van der Waals surface area contributed by atoms with Crippen LogP contribution in [0.15, 0.2) is 42.5 Å². The first-order valence-corrected chi connectivity index (χ1v) is 7.60. The predicted molar refractivity (Wildman–Crippen MR) is 87.8 cm³/mol. The molecule has 1 atom stereocenters. The number of nitrogens with zero attached hydrogens (tertiary/aromatic N) is 1. The normalized spacial score (nSPS) is 17.5. The smallest absolute Gasteiger partial charge is 0.159 e. The first-order chi connectivity index (χ1) is 10.1. The van der Waals surface area contributed by atoms with Gasteiger partial charge >= 0.3 is 0 Å². The number of Topliss-reactive ketones (excluding diaryl/α,β-unsaturated/α-hetero) is 1. The Balaban J connectivity index is 2.06. The summed E-state index contributed by atoms with van der Waals surface area (Å²) in [5, 5.41) is 0.631. The highest BCUT2D eigenvalue weighted by Gasteiger charge is 2.24. The molecule has 3 heteroatoms. The van der Waals surface area contributed by atoms with Gasteiger partial charge in [-0.15, -0.1) is 0 Å². The molecule has 0 radical (unpaired) electrons. The van der Waals surface area contributed by atoms with Crippen LogP contribution in [0.4, 0.5) is 11.4 Å². The minimum absolute atomic E-state index is 0.0378. The maximum atomic E-state index is 11.5. The standard InChI is InChI=1S/C18H18ClNO/c1-12-9-15-5-3-4-6-17(15)20(11-12)18-8-7-14(13(2)21)10-16(18)19/h3-8,10,12H,9,11H2,1-2H3. The summed E-state index contributed by atoms with van der Waals surface area (Å²) in [5.41, 5.74) is 4.19. The van der Waals surface area contributed by atoms with E-state index in [0.717, 1.165) is 18.7 Å². The molecule has 0 aliphatic carbocycles. The fourth-order valence-corrected chi connectivity index (χ4v) is 3.25. The Morgan fingerprint density at radius 1 is 1.19 bits per heavy atom. The molecule has 21 heavy (non-hydrogen) atoms. The van der Waals surface area contributed by atoms with Crippen molar-refractivity contribution in [3.63, 3.8) is 0 Å². The third-order valence-electron chi connectivity index (χ3n) is 3.99. The van der Waals surface area contributed by atoms with Crippen molar-refractivity contribution in [2.45, 2.75) is 20.3 Å². The first-order valence-electron chi connectivity index (χ1n) is 7.22. The molecule has 2 aromatic rings.